The van der Waals surface area contributed by atoms with Crippen LogP contribution in [0.2, 0.25) is 0 Å². The maximum atomic E-state index is 10.1. The summed E-state index contributed by atoms with van der Waals surface area (Å²) in [4.78, 5) is 9.22. The van der Waals surface area contributed by atoms with E-state index in [-0.39, 0.29) is 4.77 Å². The molecule has 0 fully saturated rings. The molecule has 0 atom stereocenters. The average molecular weight is 145 g/mol. The van der Waals surface area contributed by atoms with E-state index in [4.69, 9.17) is 0 Å². The van der Waals surface area contributed by atoms with Gasteiger partial charge in [0.25, 0.3) is 15.1 Å². The Morgan fingerprint density at radius 1 is 1.56 bits per heavy atom. The average Bonchev–Trinajstić information content (AvgIpc) is 1.90. The molecule has 0 amide bonds. The van der Waals surface area contributed by atoms with Crippen LogP contribution in [0, 0.1) is 4.77 Å². The summed E-state index contributed by atoms with van der Waals surface area (Å²) < 4.78 is 20.1. The number of hydrogen-bond donors (Lipinski definition) is 1. The van der Waals surface area contributed by atoms with Crippen molar-refractivity contribution >= 4 is 10.3 Å². The Morgan fingerprint density at radius 2 is 2.33 bits per heavy atom. The molecule has 0 saturated carbocycles. The van der Waals surface area contributed by atoms with Gasteiger partial charge >= 0.3 is 0 Å². The Labute approximate surface area is 52.0 Å². The highest BCUT2D eigenvalue weighted by Crippen LogP contribution is 1.66. The van der Waals surface area contributed by atoms with E-state index in [1.807, 2.05) is 0 Å². The molecule has 1 heterocycles. The third kappa shape index (κ3) is 1.36. The van der Waals surface area contributed by atoms with E-state index >= 15 is 0 Å². The third-order valence-electron chi connectivity index (χ3n) is 0.662. The molecule has 1 rings (SSSR count). The molecule has 0 aliphatic heterocycles. The summed E-state index contributed by atoms with van der Waals surface area (Å²) in [5.74, 6) is 0. The van der Waals surface area contributed by atoms with Crippen LogP contribution in [0.1, 0.15) is 0 Å². The summed E-state index contributed by atoms with van der Waals surface area (Å²) in [5, 5.41) is 0. The van der Waals surface area contributed by atoms with Gasteiger partial charge in [0.1, 0.15) is 6.33 Å². The lowest BCUT2D eigenvalue weighted by molar-refractivity contribution is 0.623. The number of aromatic nitrogens is 3. The molecule has 0 aliphatic carbocycles. The van der Waals surface area contributed by atoms with Crippen molar-refractivity contribution in [2.45, 2.75) is 0 Å². The van der Waals surface area contributed by atoms with E-state index in [2.05, 4.69) is 15.0 Å². The Balaban J connectivity index is 3.67. The second-order valence-corrected chi connectivity index (χ2v) is 2.06. The van der Waals surface area contributed by atoms with Gasteiger partial charge in [-0.1, -0.05) is 0 Å². The Morgan fingerprint density at radius 3 is 2.67 bits per heavy atom. The van der Waals surface area contributed by atoms with E-state index in [1.54, 1.807) is 0 Å². The zero-order valence-corrected chi connectivity index (χ0v) is 5.09. The van der Waals surface area contributed by atoms with Gasteiger partial charge in [0.15, 0.2) is 0 Å². The molecule has 5 nitrogen and oxygen atoms in total. The maximum absolute atomic E-state index is 10.1. The molecule has 0 aliphatic rings. The Kier molecular flexibility index (Phi) is 1.59. The summed E-state index contributed by atoms with van der Waals surface area (Å²) in [6.45, 7) is 0. The Bertz CT molecular complexity index is 326. The molecular weight excluding hydrogens is 142 g/mol. The van der Waals surface area contributed by atoms with Crippen LogP contribution in [0.3, 0.4) is 0 Å². The lowest BCUT2D eigenvalue weighted by atomic mass is 11.1. The molecule has 0 aromatic carbocycles. The van der Waals surface area contributed by atoms with Crippen LogP contribution in [0.4, 0.5) is 0 Å². The first-order valence-corrected chi connectivity index (χ1v) is 3.15. The number of hydrogen-bond acceptors (Lipinski definition) is 4. The predicted molar refractivity (Wildman–Crippen MR) is 28.5 cm³/mol. The second-order valence-electron chi connectivity index (χ2n) is 1.21. The highest BCUT2D eigenvalue weighted by atomic mass is 32.2. The number of rotatable bonds is 0. The van der Waals surface area contributed by atoms with Crippen molar-refractivity contribution in [3.05, 3.63) is 17.4 Å². The first-order chi connectivity index (χ1) is 4.30. The largest absolute Gasteiger partial charge is 0.318 e. The normalized spacial score (nSPS) is 8.89. The van der Waals surface area contributed by atoms with Gasteiger partial charge in [-0.05, 0) is 0 Å². The number of H-pyrrole nitrogens is 1. The molecule has 48 valence electrons. The molecule has 0 radical (unpaired) electrons. The molecule has 1 N–H and O–H groups in total. The van der Waals surface area contributed by atoms with Crippen LogP contribution in [-0.2, 0) is 10.3 Å². The SMILES string of the molecule is O=S(=O)=c1ncnc[nH]1. The van der Waals surface area contributed by atoms with Gasteiger partial charge in [-0.2, -0.15) is 8.42 Å². The lowest BCUT2D eigenvalue weighted by Crippen LogP contribution is -1.83. The summed E-state index contributed by atoms with van der Waals surface area (Å²) in [5.41, 5.74) is 0. The first-order valence-electron chi connectivity index (χ1n) is 2.07. The van der Waals surface area contributed by atoms with Crippen LogP contribution in [0.5, 0.6) is 0 Å². The van der Waals surface area contributed by atoms with E-state index in [0.29, 0.717) is 0 Å². The predicted octanol–water partition coefficient (Wildman–Crippen LogP) is -0.784. The van der Waals surface area contributed by atoms with Crippen molar-refractivity contribution in [3.63, 3.8) is 0 Å². The summed E-state index contributed by atoms with van der Waals surface area (Å²) in [6, 6.07) is 0. The minimum Gasteiger partial charge on any atom is -0.318 e. The quantitative estimate of drug-likeness (QED) is 0.486. The highest BCUT2D eigenvalue weighted by Gasteiger charge is 1.76. The minimum atomic E-state index is -2.29. The zero-order valence-electron chi connectivity index (χ0n) is 4.27. The van der Waals surface area contributed by atoms with Crippen molar-refractivity contribution in [2.24, 2.45) is 0 Å². The summed E-state index contributed by atoms with van der Waals surface area (Å²) in [7, 11) is -2.29. The van der Waals surface area contributed by atoms with Crippen LogP contribution in [0.15, 0.2) is 12.7 Å². The number of aromatic amines is 1. The van der Waals surface area contributed by atoms with Crippen molar-refractivity contribution in [2.75, 3.05) is 0 Å². The number of nitrogens with one attached hydrogen (secondary N) is 1. The Hall–Kier alpha value is -1.17. The van der Waals surface area contributed by atoms with Gasteiger partial charge in [-0.3, -0.25) is 0 Å². The van der Waals surface area contributed by atoms with Gasteiger partial charge in [0, 0.05) is 0 Å². The molecule has 9 heavy (non-hydrogen) atoms. The van der Waals surface area contributed by atoms with Crippen molar-refractivity contribution in [3.8, 4) is 0 Å². The van der Waals surface area contributed by atoms with E-state index in [9.17, 15) is 8.42 Å². The minimum absolute atomic E-state index is 0.106. The van der Waals surface area contributed by atoms with Gasteiger partial charge in [-0.25, -0.2) is 9.97 Å². The second kappa shape index (κ2) is 2.40. The van der Waals surface area contributed by atoms with E-state index in [1.165, 1.54) is 6.33 Å². The van der Waals surface area contributed by atoms with Crippen LogP contribution in [-0.4, -0.2) is 23.4 Å². The zero-order chi connectivity index (χ0) is 6.69. The molecule has 1 aromatic rings. The highest BCUT2D eigenvalue weighted by molar-refractivity contribution is 7.63. The standard InChI is InChI=1S/C3H3N3O2S/c7-9(8)3-5-1-4-2-6-3/h1-2H,(H,4,5,6). The summed E-state index contributed by atoms with van der Waals surface area (Å²) in [6.07, 6.45) is 2.40. The van der Waals surface area contributed by atoms with Crippen molar-refractivity contribution in [1.82, 2.24) is 15.0 Å². The van der Waals surface area contributed by atoms with Crippen molar-refractivity contribution in [1.29, 1.82) is 0 Å². The number of nitrogens with zero attached hydrogens (tertiary/aromatic N) is 2. The summed E-state index contributed by atoms with van der Waals surface area (Å²) >= 11 is 0. The fourth-order valence-electron chi connectivity index (χ4n) is 0.340. The van der Waals surface area contributed by atoms with Crippen LogP contribution >= 0.6 is 0 Å². The van der Waals surface area contributed by atoms with Crippen molar-refractivity contribution < 1.29 is 8.42 Å². The maximum Gasteiger partial charge on any atom is 0.258 e. The molecular formula is C3H3N3O2S. The topological polar surface area (TPSA) is 75.7 Å². The smallest absolute Gasteiger partial charge is 0.258 e. The monoisotopic (exact) mass is 145 g/mol. The van der Waals surface area contributed by atoms with Crippen LogP contribution < -0.4 is 0 Å². The fourth-order valence-corrected chi connectivity index (χ4v) is 0.622. The fraction of sp³-hybridized carbons (Fsp3) is 0. The molecule has 1 aromatic heterocycles. The van der Waals surface area contributed by atoms with E-state index in [0.717, 1.165) is 6.33 Å². The molecule has 0 spiro atoms. The van der Waals surface area contributed by atoms with Gasteiger partial charge in [-0.15, -0.1) is 0 Å². The molecule has 0 unspecified atom stereocenters. The van der Waals surface area contributed by atoms with E-state index < -0.39 is 10.3 Å². The van der Waals surface area contributed by atoms with Gasteiger partial charge in [0.2, 0.25) is 0 Å². The molecule has 0 saturated heterocycles. The van der Waals surface area contributed by atoms with Crippen LogP contribution in [0.25, 0.3) is 0 Å². The van der Waals surface area contributed by atoms with Gasteiger partial charge < -0.3 is 4.98 Å². The first kappa shape index (κ1) is 5.96. The lowest BCUT2D eigenvalue weighted by Gasteiger charge is -1.75. The third-order valence-corrected chi connectivity index (χ3v) is 1.20. The molecule has 0 bridgehead atoms. The van der Waals surface area contributed by atoms with Gasteiger partial charge in [0.05, 0.1) is 6.33 Å². The molecule has 6 heteroatoms.